The molecule has 0 saturated carbocycles. The molecule has 1 aromatic carbocycles. The van der Waals surface area contributed by atoms with E-state index in [-0.39, 0.29) is 6.61 Å². The second kappa shape index (κ2) is 10.7. The van der Waals surface area contributed by atoms with E-state index in [2.05, 4.69) is 22.1 Å². The summed E-state index contributed by atoms with van der Waals surface area (Å²) in [6.07, 6.45) is 2.74. The number of carboxylic acids is 1. The Morgan fingerprint density at radius 3 is 2.94 bits per heavy atom. The molecule has 0 saturated heterocycles. The summed E-state index contributed by atoms with van der Waals surface area (Å²) in [6.45, 7) is 8.27. The summed E-state index contributed by atoms with van der Waals surface area (Å²) >= 11 is 0. The largest absolute Gasteiger partial charge is 0.490 e. The predicted molar refractivity (Wildman–Crippen MR) is 126 cm³/mol. The molecule has 0 radical (unpaired) electrons. The van der Waals surface area contributed by atoms with E-state index in [0.717, 1.165) is 34.7 Å². The first kappa shape index (κ1) is 24.5. The van der Waals surface area contributed by atoms with E-state index in [9.17, 15) is 9.90 Å². The highest BCUT2D eigenvalue weighted by atomic mass is 16.5. The fraction of sp³-hybridized carbons (Fsp3) is 0.440. The van der Waals surface area contributed by atoms with Crippen molar-refractivity contribution in [2.75, 3.05) is 26.8 Å². The maximum absolute atomic E-state index is 12.1. The number of fused-ring (bicyclic) bond motifs is 1. The molecule has 3 rings (SSSR count). The SMILES string of the molecule is CN/C=C(\N)CO[C@@H](c1ccc(C)c(CN2CCOc3cccnc3C2)c1)C(C)(C)C(=O)O. The number of nitrogens with one attached hydrogen (secondary N) is 1. The van der Waals surface area contributed by atoms with Gasteiger partial charge < -0.3 is 25.6 Å². The highest BCUT2D eigenvalue weighted by Gasteiger charge is 2.39. The van der Waals surface area contributed by atoms with Crippen LogP contribution in [0.25, 0.3) is 0 Å². The minimum atomic E-state index is -1.15. The lowest BCUT2D eigenvalue weighted by Gasteiger charge is -2.31. The highest BCUT2D eigenvalue weighted by molar-refractivity contribution is 5.74. The molecule has 4 N–H and O–H groups in total. The number of pyridine rings is 1. The van der Waals surface area contributed by atoms with E-state index < -0.39 is 17.5 Å². The van der Waals surface area contributed by atoms with Gasteiger partial charge in [-0.05, 0) is 49.6 Å². The average molecular weight is 455 g/mol. The lowest BCUT2D eigenvalue weighted by Crippen LogP contribution is -2.34. The van der Waals surface area contributed by atoms with Crippen LogP contribution in [0, 0.1) is 12.3 Å². The molecule has 0 spiro atoms. The molecule has 1 aromatic heterocycles. The molecule has 0 fully saturated rings. The van der Waals surface area contributed by atoms with E-state index in [4.69, 9.17) is 15.2 Å². The van der Waals surface area contributed by atoms with Crippen molar-refractivity contribution in [1.29, 1.82) is 0 Å². The van der Waals surface area contributed by atoms with Gasteiger partial charge in [-0.25, -0.2) is 0 Å². The van der Waals surface area contributed by atoms with Gasteiger partial charge in [-0.2, -0.15) is 0 Å². The van der Waals surface area contributed by atoms with E-state index >= 15 is 0 Å². The Morgan fingerprint density at radius 1 is 1.42 bits per heavy atom. The van der Waals surface area contributed by atoms with Crippen LogP contribution < -0.4 is 15.8 Å². The van der Waals surface area contributed by atoms with E-state index in [1.165, 1.54) is 0 Å². The number of nitrogens with zero attached hydrogens (tertiary/aromatic N) is 2. The van der Waals surface area contributed by atoms with Crippen LogP contribution in [0.15, 0.2) is 48.4 Å². The molecule has 2 aromatic rings. The Balaban J connectivity index is 1.86. The standard InChI is InChI=1S/C25H34N4O4/c1-17-7-8-18(23(25(2,3)24(30)31)33-16-20(26)13-27-4)12-19(17)14-29-10-11-32-22-6-5-9-28-21(22)15-29/h5-9,12-13,23,27H,10-11,14-16,26H2,1-4H3,(H,30,31)/b20-13-/t23-/m0/s1. The van der Waals surface area contributed by atoms with Gasteiger partial charge in [0.1, 0.15) is 12.4 Å². The Morgan fingerprint density at radius 2 is 2.21 bits per heavy atom. The van der Waals surface area contributed by atoms with Gasteiger partial charge >= 0.3 is 5.97 Å². The minimum absolute atomic E-state index is 0.122. The molecule has 0 bridgehead atoms. The molecule has 1 aliphatic rings. The summed E-state index contributed by atoms with van der Waals surface area (Å²) in [5.74, 6) is -0.104. The van der Waals surface area contributed by atoms with Crippen LogP contribution in [-0.2, 0) is 22.6 Å². The van der Waals surface area contributed by atoms with Gasteiger partial charge in [0.2, 0.25) is 0 Å². The number of nitrogens with two attached hydrogens (primary N) is 1. The molecule has 0 unspecified atom stereocenters. The average Bonchev–Trinajstić information content (AvgIpc) is 2.97. The van der Waals surface area contributed by atoms with Crippen LogP contribution in [0.5, 0.6) is 5.75 Å². The zero-order valence-electron chi connectivity index (χ0n) is 19.8. The fourth-order valence-corrected chi connectivity index (χ4v) is 3.89. The van der Waals surface area contributed by atoms with Crippen molar-refractivity contribution in [2.45, 2.75) is 40.0 Å². The quantitative estimate of drug-likeness (QED) is 0.531. The number of hydrogen-bond donors (Lipinski definition) is 3. The summed E-state index contributed by atoms with van der Waals surface area (Å²) in [7, 11) is 1.75. The van der Waals surface area contributed by atoms with Crippen molar-refractivity contribution in [2.24, 2.45) is 11.1 Å². The summed E-state index contributed by atoms with van der Waals surface area (Å²) in [4.78, 5) is 18.8. The second-order valence-corrected chi connectivity index (χ2v) is 8.92. The van der Waals surface area contributed by atoms with Gasteiger partial charge in [0.05, 0.1) is 29.5 Å². The van der Waals surface area contributed by atoms with Gasteiger partial charge in [0.15, 0.2) is 0 Å². The third-order valence-corrected chi connectivity index (χ3v) is 5.91. The first-order chi connectivity index (χ1) is 15.7. The van der Waals surface area contributed by atoms with Gasteiger partial charge in [-0.15, -0.1) is 0 Å². The Kier molecular flexibility index (Phi) is 7.94. The van der Waals surface area contributed by atoms with Gasteiger partial charge in [0, 0.05) is 39.1 Å². The van der Waals surface area contributed by atoms with Gasteiger partial charge in [-0.1, -0.05) is 18.2 Å². The van der Waals surface area contributed by atoms with Crippen LogP contribution in [0.3, 0.4) is 0 Å². The van der Waals surface area contributed by atoms with Crippen molar-refractivity contribution < 1.29 is 19.4 Å². The number of benzene rings is 1. The molecule has 8 nitrogen and oxygen atoms in total. The predicted octanol–water partition coefficient (Wildman–Crippen LogP) is 2.97. The van der Waals surface area contributed by atoms with Crippen LogP contribution in [0.1, 0.15) is 42.3 Å². The number of aliphatic carboxylic acids is 1. The monoisotopic (exact) mass is 454 g/mol. The second-order valence-electron chi connectivity index (χ2n) is 8.92. The Bertz CT molecular complexity index is 1010. The van der Waals surface area contributed by atoms with Crippen LogP contribution >= 0.6 is 0 Å². The summed E-state index contributed by atoms with van der Waals surface area (Å²) in [6, 6.07) is 9.83. The molecule has 1 aliphatic heterocycles. The van der Waals surface area contributed by atoms with Crippen LogP contribution in [0.4, 0.5) is 0 Å². The number of hydrogen-bond acceptors (Lipinski definition) is 7. The summed E-state index contributed by atoms with van der Waals surface area (Å²) in [5.41, 5.74) is 9.28. The van der Waals surface area contributed by atoms with Gasteiger partial charge in [-0.3, -0.25) is 14.7 Å². The third-order valence-electron chi connectivity index (χ3n) is 5.91. The number of aryl methyl sites for hydroxylation is 1. The first-order valence-corrected chi connectivity index (χ1v) is 11.1. The van der Waals surface area contributed by atoms with Crippen molar-refractivity contribution >= 4 is 5.97 Å². The topological polar surface area (TPSA) is 110 Å². The van der Waals surface area contributed by atoms with Crippen molar-refractivity contribution in [1.82, 2.24) is 15.2 Å². The molecule has 8 heteroatoms. The lowest BCUT2D eigenvalue weighted by molar-refractivity contribution is -0.156. The minimum Gasteiger partial charge on any atom is -0.490 e. The van der Waals surface area contributed by atoms with Crippen molar-refractivity contribution in [3.63, 3.8) is 0 Å². The van der Waals surface area contributed by atoms with Crippen molar-refractivity contribution in [3.05, 3.63) is 70.8 Å². The fourth-order valence-electron chi connectivity index (χ4n) is 3.89. The Labute approximate surface area is 195 Å². The van der Waals surface area contributed by atoms with E-state index in [0.29, 0.717) is 25.4 Å². The molecular weight excluding hydrogens is 420 g/mol. The number of carboxylic acid groups (broad SMARTS) is 1. The maximum Gasteiger partial charge on any atom is 0.312 e. The number of ether oxygens (including phenoxy) is 2. The van der Waals surface area contributed by atoms with E-state index in [1.54, 1.807) is 33.3 Å². The molecule has 33 heavy (non-hydrogen) atoms. The van der Waals surface area contributed by atoms with Gasteiger partial charge in [0.25, 0.3) is 0 Å². The normalized spacial score (nSPS) is 15.8. The highest BCUT2D eigenvalue weighted by Crippen LogP contribution is 2.38. The Hall–Kier alpha value is -3.10. The summed E-state index contributed by atoms with van der Waals surface area (Å²) in [5, 5.41) is 12.7. The van der Waals surface area contributed by atoms with Crippen LogP contribution in [0.2, 0.25) is 0 Å². The maximum atomic E-state index is 12.1. The molecule has 0 amide bonds. The molecule has 2 heterocycles. The molecule has 178 valence electrons. The van der Waals surface area contributed by atoms with Crippen LogP contribution in [-0.4, -0.2) is 47.8 Å². The zero-order chi connectivity index (χ0) is 24.0. The number of rotatable bonds is 9. The molecular formula is C25H34N4O4. The molecule has 0 aliphatic carbocycles. The van der Waals surface area contributed by atoms with Crippen molar-refractivity contribution in [3.8, 4) is 5.75 Å². The zero-order valence-corrected chi connectivity index (χ0v) is 19.8. The summed E-state index contributed by atoms with van der Waals surface area (Å²) < 4.78 is 11.9. The third kappa shape index (κ3) is 6.03. The smallest absolute Gasteiger partial charge is 0.312 e. The van der Waals surface area contributed by atoms with E-state index in [1.807, 2.05) is 30.3 Å². The molecule has 1 atom stereocenters. The lowest BCUT2D eigenvalue weighted by atomic mass is 9.81. The first-order valence-electron chi connectivity index (χ1n) is 11.1. The number of aromatic nitrogens is 1. The number of carbonyl (C=O) groups is 1.